The number of ether oxygens (including phenoxy) is 1. The van der Waals surface area contributed by atoms with Gasteiger partial charge in [0.2, 0.25) is 0 Å². The number of nitrogens with zero attached hydrogens (tertiary/aromatic N) is 3. The minimum Gasteiger partial charge on any atom is -0.435 e. The van der Waals surface area contributed by atoms with Gasteiger partial charge in [0.15, 0.2) is 5.96 Å². The zero-order chi connectivity index (χ0) is 22.1. The van der Waals surface area contributed by atoms with Gasteiger partial charge in [-0.25, -0.2) is 9.67 Å². The summed E-state index contributed by atoms with van der Waals surface area (Å²) in [5.41, 5.74) is 2.58. The summed E-state index contributed by atoms with van der Waals surface area (Å²) in [6.45, 7) is 0.413. The van der Waals surface area contributed by atoms with Crippen LogP contribution < -0.4 is 15.4 Å². The van der Waals surface area contributed by atoms with Gasteiger partial charge in [-0.3, -0.25) is 0 Å². The third-order valence-electron chi connectivity index (χ3n) is 4.42. The third kappa shape index (κ3) is 6.78. The van der Waals surface area contributed by atoms with E-state index in [0.717, 1.165) is 11.3 Å². The van der Waals surface area contributed by atoms with E-state index in [1.807, 2.05) is 43.5 Å². The Hall–Kier alpha value is -3.46. The summed E-state index contributed by atoms with van der Waals surface area (Å²) < 4.78 is 30.6. The summed E-state index contributed by atoms with van der Waals surface area (Å²) >= 11 is 0. The highest BCUT2D eigenvalue weighted by molar-refractivity contribution is 5.79. The number of aliphatic hydroxyl groups excluding tert-OH is 1. The second-order valence-corrected chi connectivity index (χ2v) is 6.66. The molecule has 164 valence electrons. The van der Waals surface area contributed by atoms with Crippen LogP contribution in [-0.4, -0.2) is 40.5 Å². The molecule has 0 amide bonds. The number of aliphatic imine (C=N–C) groups is 1. The van der Waals surface area contributed by atoms with Crippen LogP contribution in [0, 0.1) is 0 Å². The molecule has 1 aromatic heterocycles. The molecule has 7 nitrogen and oxygen atoms in total. The molecule has 0 fully saturated rings. The highest BCUT2D eigenvalue weighted by Crippen LogP contribution is 2.19. The van der Waals surface area contributed by atoms with Gasteiger partial charge in [0, 0.05) is 25.5 Å². The molecule has 0 saturated carbocycles. The maximum absolute atomic E-state index is 12.2. The smallest absolute Gasteiger partial charge is 0.387 e. The van der Waals surface area contributed by atoms with Gasteiger partial charge >= 0.3 is 6.61 Å². The monoisotopic (exact) mass is 429 g/mol. The highest BCUT2D eigenvalue weighted by Gasteiger charge is 2.10. The summed E-state index contributed by atoms with van der Waals surface area (Å²) in [5, 5.41) is 20.8. The first kappa shape index (κ1) is 22.2. The van der Waals surface area contributed by atoms with E-state index >= 15 is 0 Å². The van der Waals surface area contributed by atoms with Crippen molar-refractivity contribution in [2.75, 3.05) is 13.1 Å². The van der Waals surface area contributed by atoms with Crippen molar-refractivity contribution in [2.24, 2.45) is 4.99 Å². The number of nitrogens with one attached hydrogen (secondary N) is 2. The van der Waals surface area contributed by atoms with E-state index < -0.39 is 12.7 Å². The van der Waals surface area contributed by atoms with Crippen molar-refractivity contribution >= 4 is 5.96 Å². The highest BCUT2D eigenvalue weighted by atomic mass is 19.3. The fourth-order valence-electron chi connectivity index (χ4n) is 2.87. The van der Waals surface area contributed by atoms with Crippen LogP contribution in [0.2, 0.25) is 0 Å². The topological polar surface area (TPSA) is 83.7 Å². The molecule has 0 aliphatic carbocycles. The molecule has 1 heterocycles. The van der Waals surface area contributed by atoms with E-state index in [0.29, 0.717) is 24.6 Å². The minimum absolute atomic E-state index is 0.0485. The van der Waals surface area contributed by atoms with Crippen LogP contribution in [0.4, 0.5) is 8.78 Å². The molecular weight excluding hydrogens is 404 g/mol. The Bertz CT molecular complexity index is 945. The Kier molecular flexibility index (Phi) is 7.94. The van der Waals surface area contributed by atoms with Crippen LogP contribution in [0.3, 0.4) is 0 Å². The van der Waals surface area contributed by atoms with E-state index in [-0.39, 0.29) is 12.3 Å². The molecule has 31 heavy (non-hydrogen) atoms. The van der Waals surface area contributed by atoms with Crippen LogP contribution in [0.1, 0.15) is 24.2 Å². The van der Waals surface area contributed by atoms with Crippen LogP contribution in [0.25, 0.3) is 5.69 Å². The number of alkyl halides is 2. The van der Waals surface area contributed by atoms with E-state index in [2.05, 4.69) is 25.5 Å². The molecule has 0 aliphatic heterocycles. The average Bonchev–Trinajstić information content (AvgIpc) is 3.31. The normalized spacial score (nSPS) is 12.6. The fourth-order valence-corrected chi connectivity index (χ4v) is 2.87. The van der Waals surface area contributed by atoms with Gasteiger partial charge < -0.3 is 20.5 Å². The molecule has 1 atom stereocenters. The second-order valence-electron chi connectivity index (χ2n) is 6.66. The Morgan fingerprint density at radius 1 is 1.13 bits per heavy atom. The van der Waals surface area contributed by atoms with E-state index in [9.17, 15) is 13.9 Å². The number of aromatic nitrogens is 2. The zero-order valence-corrected chi connectivity index (χ0v) is 17.1. The lowest BCUT2D eigenvalue weighted by molar-refractivity contribution is -0.0498. The average molecular weight is 429 g/mol. The molecule has 0 saturated heterocycles. The Morgan fingerprint density at radius 3 is 2.48 bits per heavy atom. The number of halogens is 2. The quantitative estimate of drug-likeness (QED) is 0.359. The van der Waals surface area contributed by atoms with E-state index in [1.54, 1.807) is 23.0 Å². The predicted octanol–water partition coefficient (Wildman–Crippen LogP) is 3.26. The number of rotatable bonds is 9. The van der Waals surface area contributed by atoms with Crippen molar-refractivity contribution in [3.63, 3.8) is 0 Å². The lowest BCUT2D eigenvalue weighted by Crippen LogP contribution is -2.39. The van der Waals surface area contributed by atoms with Gasteiger partial charge in [0.25, 0.3) is 0 Å². The number of aliphatic hydroxyl groups is 1. The van der Waals surface area contributed by atoms with Gasteiger partial charge in [-0.2, -0.15) is 13.9 Å². The maximum Gasteiger partial charge on any atom is 0.387 e. The van der Waals surface area contributed by atoms with Gasteiger partial charge in [0.1, 0.15) is 5.75 Å². The first-order valence-corrected chi connectivity index (χ1v) is 9.89. The molecule has 2 aromatic carbocycles. The van der Waals surface area contributed by atoms with Crippen molar-refractivity contribution in [1.29, 1.82) is 0 Å². The van der Waals surface area contributed by atoms with Gasteiger partial charge in [-0.15, -0.1) is 0 Å². The minimum atomic E-state index is -2.88. The van der Waals surface area contributed by atoms with Gasteiger partial charge in [-0.05, 0) is 48.4 Å². The molecule has 3 N–H and O–H groups in total. The second kappa shape index (κ2) is 11.1. The van der Waals surface area contributed by atoms with E-state index in [4.69, 9.17) is 0 Å². The van der Waals surface area contributed by atoms with Crippen molar-refractivity contribution < 1.29 is 18.6 Å². The Balaban J connectivity index is 1.55. The van der Waals surface area contributed by atoms with Crippen molar-refractivity contribution in [3.05, 3.63) is 78.1 Å². The summed E-state index contributed by atoms with van der Waals surface area (Å²) in [6, 6.07) is 15.7. The SMILES string of the molecule is CCNC(=NCc1ccc(-n2cccn2)cc1)NCC(O)c1ccc(OC(F)F)cc1. The fraction of sp³-hybridized carbons (Fsp3) is 0.273. The number of benzene rings is 2. The maximum atomic E-state index is 12.2. The number of guanidine groups is 1. The molecule has 0 spiro atoms. The molecule has 3 rings (SSSR count). The molecule has 0 aliphatic rings. The Labute approximate surface area is 179 Å². The standard InChI is InChI=1S/C22H25F2N5O2/c1-2-25-22(26-14-16-4-8-18(9-5-16)29-13-3-12-28-29)27-15-20(30)17-6-10-19(11-7-17)31-21(23)24/h3-13,20-21,30H,2,14-15H2,1H3,(H2,25,26,27). The summed E-state index contributed by atoms with van der Waals surface area (Å²) in [4.78, 5) is 4.55. The van der Waals surface area contributed by atoms with Crippen LogP contribution in [0.5, 0.6) is 5.75 Å². The molecule has 0 radical (unpaired) electrons. The number of hydrogen-bond donors (Lipinski definition) is 3. The number of hydrogen-bond acceptors (Lipinski definition) is 4. The molecular formula is C22H25F2N5O2. The molecule has 3 aromatic rings. The summed E-state index contributed by atoms with van der Waals surface area (Å²) in [7, 11) is 0. The summed E-state index contributed by atoms with van der Waals surface area (Å²) in [5.74, 6) is 0.614. The lowest BCUT2D eigenvalue weighted by atomic mass is 10.1. The van der Waals surface area contributed by atoms with Crippen LogP contribution in [-0.2, 0) is 6.54 Å². The predicted molar refractivity (Wildman–Crippen MR) is 114 cm³/mol. The summed E-state index contributed by atoms with van der Waals surface area (Å²) in [6.07, 6.45) is 2.77. The lowest BCUT2D eigenvalue weighted by Gasteiger charge is -2.16. The van der Waals surface area contributed by atoms with Crippen LogP contribution in [0.15, 0.2) is 72.0 Å². The molecule has 0 bridgehead atoms. The first-order valence-electron chi connectivity index (χ1n) is 9.89. The first-order chi connectivity index (χ1) is 15.0. The third-order valence-corrected chi connectivity index (χ3v) is 4.42. The van der Waals surface area contributed by atoms with Crippen molar-refractivity contribution in [2.45, 2.75) is 26.2 Å². The largest absolute Gasteiger partial charge is 0.435 e. The Morgan fingerprint density at radius 2 is 1.87 bits per heavy atom. The van der Waals surface area contributed by atoms with Crippen molar-refractivity contribution in [3.8, 4) is 11.4 Å². The zero-order valence-electron chi connectivity index (χ0n) is 17.1. The van der Waals surface area contributed by atoms with E-state index in [1.165, 1.54) is 12.1 Å². The molecule has 9 heteroatoms. The van der Waals surface area contributed by atoms with Gasteiger partial charge in [0.05, 0.1) is 18.3 Å². The van der Waals surface area contributed by atoms with Crippen LogP contribution >= 0.6 is 0 Å². The molecule has 1 unspecified atom stereocenters. The van der Waals surface area contributed by atoms with Gasteiger partial charge in [-0.1, -0.05) is 24.3 Å². The van der Waals surface area contributed by atoms with Crippen molar-refractivity contribution in [1.82, 2.24) is 20.4 Å².